The van der Waals surface area contributed by atoms with E-state index in [-0.39, 0.29) is 0 Å². The van der Waals surface area contributed by atoms with E-state index in [0.717, 1.165) is 39.1 Å². The van der Waals surface area contributed by atoms with Gasteiger partial charge in [-0.25, -0.2) is 0 Å². The Morgan fingerprint density at radius 1 is 0.489 bits per heavy atom. The predicted octanol–water partition coefficient (Wildman–Crippen LogP) is 11.8. The fourth-order valence-electron chi connectivity index (χ4n) is 7.52. The van der Waals surface area contributed by atoms with Gasteiger partial charge in [0.2, 0.25) is 0 Å². The topological polar surface area (TPSA) is 33.6 Å². The van der Waals surface area contributed by atoms with Crippen LogP contribution in [0.5, 0.6) is 0 Å². The van der Waals surface area contributed by atoms with E-state index in [0.29, 0.717) is 5.56 Å². The van der Waals surface area contributed by atoms with Crippen LogP contribution in [0.2, 0.25) is 0 Å². The molecule has 0 aliphatic heterocycles. The standard InChI is InChI=1S/C43H25N3S/c44-26-27-18-20-30(39(24-27)46-36-15-7-4-12-31(36)32-13-5-8-16-37(32)46)28-19-21-35-40(25-28)45(29-10-2-1-3-11-29)38-23-22-34-33-14-6-9-17-41(33)47-43(34)42(35)38/h1-25H. The van der Waals surface area contributed by atoms with Crippen LogP contribution < -0.4 is 0 Å². The third-order valence-corrected chi connectivity index (χ3v) is 10.8. The van der Waals surface area contributed by atoms with Gasteiger partial charge in [0.05, 0.1) is 39.4 Å². The van der Waals surface area contributed by atoms with Crippen LogP contribution >= 0.6 is 11.3 Å². The van der Waals surface area contributed by atoms with E-state index >= 15 is 0 Å². The summed E-state index contributed by atoms with van der Waals surface area (Å²) in [5.41, 5.74) is 9.55. The minimum absolute atomic E-state index is 0.636. The zero-order chi connectivity index (χ0) is 31.1. The molecule has 0 aliphatic carbocycles. The van der Waals surface area contributed by atoms with Crippen LogP contribution in [0.15, 0.2) is 152 Å². The van der Waals surface area contributed by atoms with Crippen LogP contribution in [0.3, 0.4) is 0 Å². The van der Waals surface area contributed by atoms with Crippen LogP contribution in [0.1, 0.15) is 5.56 Å². The number of fused-ring (bicyclic) bond motifs is 10. The Morgan fingerprint density at radius 2 is 1.17 bits per heavy atom. The second-order valence-corrected chi connectivity index (χ2v) is 13.1. The Morgan fingerprint density at radius 3 is 1.94 bits per heavy atom. The Labute approximate surface area is 274 Å². The normalized spacial score (nSPS) is 11.8. The van der Waals surface area contributed by atoms with E-state index in [4.69, 9.17) is 0 Å². The van der Waals surface area contributed by atoms with Gasteiger partial charge in [0.15, 0.2) is 0 Å². The maximum Gasteiger partial charge on any atom is 0.0992 e. The summed E-state index contributed by atoms with van der Waals surface area (Å²) in [6.07, 6.45) is 0. The maximum atomic E-state index is 10.0. The van der Waals surface area contributed by atoms with Crippen molar-refractivity contribution >= 4 is 75.1 Å². The molecular formula is C43H25N3S. The summed E-state index contributed by atoms with van der Waals surface area (Å²) in [6.45, 7) is 0. The highest BCUT2D eigenvalue weighted by Crippen LogP contribution is 2.45. The minimum atomic E-state index is 0.636. The highest BCUT2D eigenvalue weighted by atomic mass is 32.1. The Bertz CT molecular complexity index is 2860. The van der Waals surface area contributed by atoms with Crippen LogP contribution in [0.4, 0.5) is 0 Å². The number of hydrogen-bond donors (Lipinski definition) is 0. The van der Waals surface area contributed by atoms with E-state index in [2.05, 4.69) is 155 Å². The van der Waals surface area contributed by atoms with E-state index in [1.54, 1.807) is 0 Å². The van der Waals surface area contributed by atoms with E-state index < -0.39 is 0 Å². The molecule has 0 spiro atoms. The van der Waals surface area contributed by atoms with Crippen LogP contribution in [0.25, 0.3) is 86.3 Å². The van der Waals surface area contributed by atoms with E-state index in [9.17, 15) is 5.26 Å². The van der Waals surface area contributed by atoms with Gasteiger partial charge in [-0.15, -0.1) is 11.3 Å². The van der Waals surface area contributed by atoms with Crippen molar-refractivity contribution < 1.29 is 0 Å². The molecule has 0 aliphatic rings. The molecule has 3 heterocycles. The molecule has 0 unspecified atom stereocenters. The Kier molecular flexibility index (Phi) is 5.51. The van der Waals surface area contributed by atoms with Crippen LogP contribution in [-0.4, -0.2) is 9.13 Å². The van der Waals surface area contributed by atoms with Gasteiger partial charge in [-0.3, -0.25) is 0 Å². The number of para-hydroxylation sites is 3. The fourth-order valence-corrected chi connectivity index (χ4v) is 8.78. The first-order valence-corrected chi connectivity index (χ1v) is 16.6. The van der Waals surface area contributed by atoms with Crippen molar-refractivity contribution in [2.75, 3.05) is 0 Å². The molecule has 0 bridgehead atoms. The molecule has 47 heavy (non-hydrogen) atoms. The molecule has 3 nitrogen and oxygen atoms in total. The summed E-state index contributed by atoms with van der Waals surface area (Å²) in [5.74, 6) is 0. The third-order valence-electron chi connectivity index (χ3n) is 9.55. The molecule has 0 amide bonds. The molecule has 0 atom stereocenters. The van der Waals surface area contributed by atoms with Gasteiger partial charge in [-0.05, 0) is 60.2 Å². The lowest BCUT2D eigenvalue weighted by atomic mass is 9.99. The molecule has 4 heteroatoms. The number of rotatable bonds is 3. The molecule has 10 rings (SSSR count). The predicted molar refractivity (Wildman–Crippen MR) is 198 cm³/mol. The molecular weight excluding hydrogens is 591 g/mol. The Balaban J connectivity index is 1.31. The Hall–Kier alpha value is -6.15. The monoisotopic (exact) mass is 615 g/mol. The number of aromatic nitrogens is 2. The van der Waals surface area contributed by atoms with Crippen molar-refractivity contribution in [2.45, 2.75) is 0 Å². The molecule has 3 aromatic heterocycles. The van der Waals surface area contributed by atoms with Crippen LogP contribution in [-0.2, 0) is 0 Å². The average Bonchev–Trinajstić information content (AvgIpc) is 3.79. The van der Waals surface area contributed by atoms with Crippen LogP contribution in [0, 0.1) is 11.3 Å². The molecule has 0 saturated heterocycles. The van der Waals surface area contributed by atoms with Gasteiger partial charge < -0.3 is 9.13 Å². The van der Waals surface area contributed by atoms with Gasteiger partial charge in [0.1, 0.15) is 0 Å². The molecule has 7 aromatic carbocycles. The molecule has 218 valence electrons. The van der Waals surface area contributed by atoms with Crippen molar-refractivity contribution in [3.05, 3.63) is 157 Å². The molecule has 0 N–H and O–H groups in total. The SMILES string of the molecule is N#Cc1ccc(-c2ccc3c4c5sc6ccccc6c5ccc4n(-c4ccccc4)c3c2)c(-n2c3ccccc3c3ccccc32)c1. The van der Waals surface area contributed by atoms with Gasteiger partial charge in [-0.1, -0.05) is 97.1 Å². The van der Waals surface area contributed by atoms with Crippen molar-refractivity contribution in [3.8, 4) is 28.6 Å². The zero-order valence-electron chi connectivity index (χ0n) is 25.2. The summed E-state index contributed by atoms with van der Waals surface area (Å²) >= 11 is 1.87. The summed E-state index contributed by atoms with van der Waals surface area (Å²) in [4.78, 5) is 0. The first-order chi connectivity index (χ1) is 23.3. The van der Waals surface area contributed by atoms with Gasteiger partial charge in [-0.2, -0.15) is 5.26 Å². The summed E-state index contributed by atoms with van der Waals surface area (Å²) in [6, 6.07) is 56.4. The molecule has 0 radical (unpaired) electrons. The average molecular weight is 616 g/mol. The van der Waals surface area contributed by atoms with Crippen molar-refractivity contribution in [3.63, 3.8) is 0 Å². The van der Waals surface area contributed by atoms with Crippen molar-refractivity contribution in [2.24, 2.45) is 0 Å². The van der Waals surface area contributed by atoms with E-state index in [1.165, 1.54) is 47.2 Å². The van der Waals surface area contributed by atoms with Gasteiger partial charge in [0, 0.05) is 53.0 Å². The minimum Gasteiger partial charge on any atom is -0.309 e. The summed E-state index contributed by atoms with van der Waals surface area (Å²) < 4.78 is 7.35. The van der Waals surface area contributed by atoms with E-state index in [1.807, 2.05) is 23.5 Å². The highest BCUT2D eigenvalue weighted by Gasteiger charge is 2.20. The van der Waals surface area contributed by atoms with Gasteiger partial charge in [0.25, 0.3) is 0 Å². The fraction of sp³-hybridized carbons (Fsp3) is 0. The lowest BCUT2D eigenvalue weighted by Gasteiger charge is -2.15. The molecule has 10 aromatic rings. The summed E-state index contributed by atoms with van der Waals surface area (Å²) in [5, 5.41) is 17.5. The largest absolute Gasteiger partial charge is 0.309 e. The number of benzene rings is 7. The first kappa shape index (κ1) is 26.1. The zero-order valence-corrected chi connectivity index (χ0v) is 26.0. The lowest BCUT2D eigenvalue weighted by molar-refractivity contribution is 1.17. The summed E-state index contributed by atoms with van der Waals surface area (Å²) in [7, 11) is 0. The second kappa shape index (κ2) is 9.92. The quantitative estimate of drug-likeness (QED) is 0.195. The number of hydrogen-bond acceptors (Lipinski definition) is 2. The molecule has 0 fully saturated rings. The lowest BCUT2D eigenvalue weighted by Crippen LogP contribution is -1.99. The molecule has 0 saturated carbocycles. The highest BCUT2D eigenvalue weighted by molar-refractivity contribution is 7.26. The number of thiophene rings is 1. The smallest absolute Gasteiger partial charge is 0.0992 e. The number of nitrogens with zero attached hydrogens (tertiary/aromatic N) is 3. The number of nitriles is 1. The maximum absolute atomic E-state index is 10.0. The van der Waals surface area contributed by atoms with Crippen molar-refractivity contribution in [1.29, 1.82) is 5.26 Å². The van der Waals surface area contributed by atoms with Gasteiger partial charge >= 0.3 is 0 Å². The van der Waals surface area contributed by atoms with Crippen molar-refractivity contribution in [1.82, 2.24) is 9.13 Å². The third kappa shape index (κ3) is 3.72. The first-order valence-electron chi connectivity index (χ1n) is 15.8. The second-order valence-electron chi connectivity index (χ2n) is 12.1.